The molecule has 0 N–H and O–H groups in total. The van der Waals surface area contributed by atoms with Crippen molar-refractivity contribution < 1.29 is 9.18 Å². The van der Waals surface area contributed by atoms with Crippen molar-refractivity contribution in [2.45, 2.75) is 0 Å². The molecule has 2 nitrogen and oxygen atoms in total. The predicted molar refractivity (Wildman–Crippen MR) is 94.9 cm³/mol. The monoisotopic (exact) mass is 333 g/mol. The lowest BCUT2D eigenvalue weighted by molar-refractivity contribution is 0.103. The second-order valence-corrected chi connectivity index (χ2v) is 6.40. The lowest BCUT2D eigenvalue weighted by Gasteiger charge is -2.06. The summed E-state index contributed by atoms with van der Waals surface area (Å²) in [5.41, 5.74) is 2.55. The minimum Gasteiger partial charge on any atom is -0.289 e. The van der Waals surface area contributed by atoms with Gasteiger partial charge in [0.05, 0.1) is 10.2 Å². The van der Waals surface area contributed by atoms with E-state index in [2.05, 4.69) is 4.98 Å². The van der Waals surface area contributed by atoms with Gasteiger partial charge in [0.15, 0.2) is 5.78 Å². The third-order valence-electron chi connectivity index (χ3n) is 3.78. The molecule has 0 aliphatic rings. The van der Waals surface area contributed by atoms with Crippen LogP contribution in [0.2, 0.25) is 0 Å². The van der Waals surface area contributed by atoms with Crippen LogP contribution in [0, 0.1) is 5.82 Å². The normalized spacial score (nSPS) is 10.9. The van der Waals surface area contributed by atoms with E-state index < -0.39 is 5.82 Å². The average Bonchev–Trinajstić information content (AvgIpc) is 3.05. The van der Waals surface area contributed by atoms with Crippen LogP contribution in [0.1, 0.15) is 15.9 Å². The molecule has 0 saturated carbocycles. The highest BCUT2D eigenvalue weighted by molar-refractivity contribution is 7.21. The van der Waals surface area contributed by atoms with Gasteiger partial charge in [0.25, 0.3) is 0 Å². The number of carbonyl (C=O) groups excluding carboxylic acids is 1. The Kier molecular flexibility index (Phi) is 3.67. The highest BCUT2D eigenvalue weighted by Crippen LogP contribution is 2.32. The van der Waals surface area contributed by atoms with Crippen molar-refractivity contribution in [2.75, 3.05) is 0 Å². The Morgan fingerprint density at radius 2 is 1.71 bits per heavy atom. The molecule has 0 radical (unpaired) electrons. The summed E-state index contributed by atoms with van der Waals surface area (Å²) in [4.78, 5) is 17.4. The third-order valence-corrected chi connectivity index (χ3v) is 4.85. The van der Waals surface area contributed by atoms with Crippen LogP contribution < -0.4 is 0 Å². The number of carbonyl (C=O) groups is 1. The average molecular weight is 333 g/mol. The summed E-state index contributed by atoms with van der Waals surface area (Å²) in [6.07, 6.45) is 0. The number of rotatable bonds is 3. The standard InChI is InChI=1S/C20H12FNOS/c21-14-7-5-6-13(12-14)19(23)15-8-1-2-9-16(15)20-22-17-10-3-4-11-18(17)24-20/h1-12H. The molecule has 0 aliphatic carbocycles. The number of para-hydroxylation sites is 1. The molecule has 4 heteroatoms. The van der Waals surface area contributed by atoms with Crippen LogP contribution in [0.3, 0.4) is 0 Å². The van der Waals surface area contributed by atoms with Gasteiger partial charge in [-0.05, 0) is 24.3 Å². The first kappa shape index (κ1) is 14.7. The zero-order chi connectivity index (χ0) is 16.5. The summed E-state index contributed by atoms with van der Waals surface area (Å²) in [5.74, 6) is -0.623. The Labute approximate surface area is 142 Å². The maximum atomic E-state index is 13.4. The Morgan fingerprint density at radius 3 is 2.54 bits per heavy atom. The largest absolute Gasteiger partial charge is 0.289 e. The molecule has 24 heavy (non-hydrogen) atoms. The first-order valence-corrected chi connectivity index (χ1v) is 8.29. The summed E-state index contributed by atoms with van der Waals surface area (Å²) < 4.78 is 14.5. The van der Waals surface area contributed by atoms with Gasteiger partial charge >= 0.3 is 0 Å². The first-order valence-electron chi connectivity index (χ1n) is 7.47. The SMILES string of the molecule is O=C(c1cccc(F)c1)c1ccccc1-c1nc2ccccc2s1. The molecule has 3 aromatic carbocycles. The van der Waals surface area contributed by atoms with Crippen molar-refractivity contribution in [1.82, 2.24) is 4.98 Å². The van der Waals surface area contributed by atoms with Crippen molar-refractivity contribution in [3.8, 4) is 10.6 Å². The van der Waals surface area contributed by atoms with E-state index in [0.29, 0.717) is 11.1 Å². The van der Waals surface area contributed by atoms with E-state index in [4.69, 9.17) is 0 Å². The molecule has 0 unspecified atom stereocenters. The van der Waals surface area contributed by atoms with Gasteiger partial charge in [0.2, 0.25) is 0 Å². The maximum absolute atomic E-state index is 13.4. The number of thiazole rings is 1. The van der Waals surface area contributed by atoms with E-state index in [9.17, 15) is 9.18 Å². The van der Waals surface area contributed by atoms with Crippen molar-refractivity contribution in [3.63, 3.8) is 0 Å². The smallest absolute Gasteiger partial charge is 0.193 e. The van der Waals surface area contributed by atoms with E-state index >= 15 is 0 Å². The summed E-state index contributed by atoms with van der Waals surface area (Å²) >= 11 is 1.54. The Hall–Kier alpha value is -2.85. The lowest BCUT2D eigenvalue weighted by Crippen LogP contribution is -2.03. The topological polar surface area (TPSA) is 30.0 Å². The fourth-order valence-corrected chi connectivity index (χ4v) is 3.65. The van der Waals surface area contributed by atoms with E-state index in [1.807, 2.05) is 42.5 Å². The van der Waals surface area contributed by atoms with Crippen molar-refractivity contribution in [3.05, 3.63) is 89.7 Å². The molecule has 1 heterocycles. The maximum Gasteiger partial charge on any atom is 0.193 e. The lowest BCUT2D eigenvalue weighted by atomic mass is 9.98. The Morgan fingerprint density at radius 1 is 0.917 bits per heavy atom. The van der Waals surface area contributed by atoms with Crippen LogP contribution in [-0.4, -0.2) is 10.8 Å². The number of ketones is 1. The highest BCUT2D eigenvalue weighted by atomic mass is 32.1. The van der Waals surface area contributed by atoms with E-state index in [-0.39, 0.29) is 5.78 Å². The highest BCUT2D eigenvalue weighted by Gasteiger charge is 2.17. The van der Waals surface area contributed by atoms with Crippen molar-refractivity contribution >= 4 is 27.3 Å². The van der Waals surface area contributed by atoms with Crippen molar-refractivity contribution in [2.24, 2.45) is 0 Å². The molecule has 0 atom stereocenters. The number of benzene rings is 3. The second kappa shape index (κ2) is 5.98. The first-order chi connectivity index (χ1) is 11.7. The number of halogens is 1. The van der Waals surface area contributed by atoms with Gasteiger partial charge in [-0.15, -0.1) is 11.3 Å². The molecule has 0 fully saturated rings. The molecule has 0 spiro atoms. The zero-order valence-corrected chi connectivity index (χ0v) is 13.4. The molecule has 1 aromatic heterocycles. The molecule has 0 saturated heterocycles. The quantitative estimate of drug-likeness (QED) is 0.474. The molecule has 0 aliphatic heterocycles. The van der Waals surface area contributed by atoms with Crippen LogP contribution in [-0.2, 0) is 0 Å². The molecule has 0 amide bonds. The van der Waals surface area contributed by atoms with Crippen molar-refractivity contribution in [1.29, 1.82) is 0 Å². The van der Waals surface area contributed by atoms with E-state index in [0.717, 1.165) is 20.8 Å². The minimum absolute atomic E-state index is 0.204. The number of aromatic nitrogens is 1. The van der Waals surface area contributed by atoms with Gasteiger partial charge in [0.1, 0.15) is 10.8 Å². The number of nitrogens with zero attached hydrogens (tertiary/aromatic N) is 1. The van der Waals surface area contributed by atoms with E-state index in [1.54, 1.807) is 29.5 Å². The van der Waals surface area contributed by atoms with Crippen LogP contribution >= 0.6 is 11.3 Å². The second-order valence-electron chi connectivity index (χ2n) is 5.37. The van der Waals surface area contributed by atoms with Gasteiger partial charge in [-0.2, -0.15) is 0 Å². The predicted octanol–water partition coefficient (Wildman–Crippen LogP) is 5.33. The van der Waals surface area contributed by atoms with Gasteiger partial charge in [-0.25, -0.2) is 9.37 Å². The molecule has 4 rings (SSSR count). The molecular weight excluding hydrogens is 321 g/mol. The minimum atomic E-state index is -0.418. The fourth-order valence-electron chi connectivity index (χ4n) is 2.64. The Balaban J connectivity index is 1.84. The van der Waals surface area contributed by atoms with Crippen LogP contribution in [0.25, 0.3) is 20.8 Å². The summed E-state index contributed by atoms with van der Waals surface area (Å²) in [6, 6.07) is 21.0. The summed E-state index contributed by atoms with van der Waals surface area (Å²) in [5, 5.41) is 0.788. The molecular formula is C20H12FNOS. The zero-order valence-electron chi connectivity index (χ0n) is 12.6. The van der Waals surface area contributed by atoms with Crippen LogP contribution in [0.5, 0.6) is 0 Å². The molecule has 4 aromatic rings. The fraction of sp³-hybridized carbons (Fsp3) is 0. The van der Waals surface area contributed by atoms with Gasteiger partial charge < -0.3 is 0 Å². The Bertz CT molecular complexity index is 1020. The number of hydrogen-bond donors (Lipinski definition) is 0. The van der Waals surface area contributed by atoms with Gasteiger partial charge in [-0.3, -0.25) is 4.79 Å². The summed E-state index contributed by atoms with van der Waals surface area (Å²) in [7, 11) is 0. The van der Waals surface area contributed by atoms with Crippen LogP contribution in [0.15, 0.2) is 72.8 Å². The molecule has 0 bridgehead atoms. The summed E-state index contributed by atoms with van der Waals surface area (Å²) in [6.45, 7) is 0. The van der Waals surface area contributed by atoms with Gasteiger partial charge in [-0.1, -0.05) is 48.5 Å². The molecule has 116 valence electrons. The number of hydrogen-bond acceptors (Lipinski definition) is 3. The number of fused-ring (bicyclic) bond motifs is 1. The van der Waals surface area contributed by atoms with E-state index in [1.165, 1.54) is 12.1 Å². The van der Waals surface area contributed by atoms with Crippen LogP contribution in [0.4, 0.5) is 4.39 Å². The van der Waals surface area contributed by atoms with Gasteiger partial charge in [0, 0.05) is 16.7 Å². The third kappa shape index (κ3) is 2.61.